The van der Waals surface area contributed by atoms with Gasteiger partial charge in [0, 0.05) is 0 Å². The SMILES string of the molecule is O=CCOC(=O)CC=C=Cc1ccc(O)cc1. The summed E-state index contributed by atoms with van der Waals surface area (Å²) in [5.41, 5.74) is 3.67. The number of esters is 1. The first-order chi connectivity index (χ1) is 8.22. The number of phenolic OH excluding ortho intramolecular Hbond substituents is 1. The number of aromatic hydroxyl groups is 1. The monoisotopic (exact) mass is 232 g/mol. The molecular formula is C13H12O4. The van der Waals surface area contributed by atoms with Gasteiger partial charge in [0.1, 0.15) is 12.4 Å². The molecule has 0 saturated heterocycles. The zero-order valence-corrected chi connectivity index (χ0v) is 9.13. The molecule has 1 N–H and O–H groups in total. The summed E-state index contributed by atoms with van der Waals surface area (Å²) in [7, 11) is 0. The highest BCUT2D eigenvalue weighted by atomic mass is 16.5. The van der Waals surface area contributed by atoms with Crippen molar-refractivity contribution in [3.63, 3.8) is 0 Å². The van der Waals surface area contributed by atoms with E-state index < -0.39 is 5.97 Å². The van der Waals surface area contributed by atoms with Crippen LogP contribution in [0.1, 0.15) is 12.0 Å². The van der Waals surface area contributed by atoms with Crippen molar-refractivity contribution in [1.29, 1.82) is 0 Å². The number of rotatable bonds is 5. The van der Waals surface area contributed by atoms with Crippen LogP contribution < -0.4 is 0 Å². The number of phenols is 1. The number of hydrogen-bond donors (Lipinski definition) is 1. The van der Waals surface area contributed by atoms with Gasteiger partial charge in [0.25, 0.3) is 0 Å². The minimum absolute atomic E-state index is 0.0718. The van der Waals surface area contributed by atoms with E-state index in [1.165, 1.54) is 6.08 Å². The number of carbonyl (C=O) groups is 2. The highest BCUT2D eigenvalue weighted by molar-refractivity contribution is 5.73. The molecule has 1 rings (SSSR count). The van der Waals surface area contributed by atoms with E-state index in [9.17, 15) is 9.59 Å². The number of carbonyl (C=O) groups excluding carboxylic acids is 2. The molecule has 0 aliphatic heterocycles. The average Bonchev–Trinajstić information content (AvgIpc) is 2.34. The fourth-order valence-corrected chi connectivity index (χ4v) is 1.05. The van der Waals surface area contributed by atoms with E-state index >= 15 is 0 Å². The van der Waals surface area contributed by atoms with Crippen LogP contribution in [0.2, 0.25) is 0 Å². The second-order valence-electron chi connectivity index (χ2n) is 3.16. The molecule has 0 amide bonds. The van der Waals surface area contributed by atoms with Gasteiger partial charge in [-0.2, -0.15) is 0 Å². The molecule has 0 aliphatic rings. The van der Waals surface area contributed by atoms with Crippen molar-refractivity contribution in [2.24, 2.45) is 0 Å². The lowest BCUT2D eigenvalue weighted by atomic mass is 10.2. The maximum atomic E-state index is 11.0. The Morgan fingerprint density at radius 3 is 2.71 bits per heavy atom. The molecule has 1 aromatic carbocycles. The predicted molar refractivity (Wildman–Crippen MR) is 62.3 cm³/mol. The van der Waals surface area contributed by atoms with Crippen LogP contribution in [-0.4, -0.2) is 24.0 Å². The lowest BCUT2D eigenvalue weighted by molar-refractivity contribution is -0.144. The lowest BCUT2D eigenvalue weighted by Crippen LogP contribution is -2.04. The average molecular weight is 232 g/mol. The van der Waals surface area contributed by atoms with E-state index in [0.29, 0.717) is 6.29 Å². The lowest BCUT2D eigenvalue weighted by Gasteiger charge is -1.94. The summed E-state index contributed by atoms with van der Waals surface area (Å²) in [5, 5.41) is 9.05. The maximum Gasteiger partial charge on any atom is 0.310 e. The van der Waals surface area contributed by atoms with Crippen molar-refractivity contribution in [1.82, 2.24) is 0 Å². The number of benzene rings is 1. The molecule has 1 aromatic rings. The van der Waals surface area contributed by atoms with Crippen molar-refractivity contribution in [3.8, 4) is 5.75 Å². The van der Waals surface area contributed by atoms with Crippen LogP contribution in [-0.2, 0) is 14.3 Å². The molecule has 0 fully saturated rings. The summed E-state index contributed by atoms with van der Waals surface area (Å²) in [6.45, 7) is -0.214. The van der Waals surface area contributed by atoms with E-state index in [1.807, 2.05) is 0 Å². The minimum atomic E-state index is -0.469. The second kappa shape index (κ2) is 7.04. The molecule has 0 unspecified atom stereocenters. The Kier molecular flexibility index (Phi) is 5.28. The number of hydrogen-bond acceptors (Lipinski definition) is 4. The number of ether oxygens (including phenoxy) is 1. The molecule has 0 aliphatic carbocycles. The van der Waals surface area contributed by atoms with E-state index in [-0.39, 0.29) is 18.8 Å². The van der Waals surface area contributed by atoms with Gasteiger partial charge in [0.05, 0.1) is 6.42 Å². The molecule has 4 heteroatoms. The second-order valence-corrected chi connectivity index (χ2v) is 3.16. The van der Waals surface area contributed by atoms with Gasteiger partial charge in [-0.05, 0) is 29.8 Å². The Bertz CT molecular complexity index is 439. The molecular weight excluding hydrogens is 220 g/mol. The van der Waals surface area contributed by atoms with Crippen LogP contribution >= 0.6 is 0 Å². The molecule has 0 radical (unpaired) electrons. The molecule has 88 valence electrons. The van der Waals surface area contributed by atoms with Gasteiger partial charge >= 0.3 is 5.97 Å². The normalized spacial score (nSPS) is 8.94. The Balaban J connectivity index is 2.45. The van der Waals surface area contributed by atoms with Gasteiger partial charge in [-0.15, -0.1) is 5.73 Å². The minimum Gasteiger partial charge on any atom is -0.508 e. The van der Waals surface area contributed by atoms with E-state index in [1.54, 1.807) is 30.3 Å². The van der Waals surface area contributed by atoms with Crippen molar-refractivity contribution < 1.29 is 19.4 Å². The smallest absolute Gasteiger partial charge is 0.310 e. The van der Waals surface area contributed by atoms with Gasteiger partial charge in [-0.3, -0.25) is 9.59 Å². The van der Waals surface area contributed by atoms with Crippen molar-refractivity contribution >= 4 is 18.3 Å². The first kappa shape index (κ1) is 12.7. The van der Waals surface area contributed by atoms with Crippen LogP contribution in [0.15, 0.2) is 36.1 Å². The third kappa shape index (κ3) is 5.35. The summed E-state index contributed by atoms with van der Waals surface area (Å²) in [6, 6.07) is 6.57. The first-order valence-electron chi connectivity index (χ1n) is 5.01. The molecule has 17 heavy (non-hydrogen) atoms. The summed E-state index contributed by atoms with van der Waals surface area (Å²) in [4.78, 5) is 20.9. The van der Waals surface area contributed by atoms with Crippen LogP contribution in [0.4, 0.5) is 0 Å². The summed E-state index contributed by atoms with van der Waals surface area (Å²) >= 11 is 0. The standard InChI is InChI=1S/C13H12O4/c14-9-10-17-13(16)4-2-1-3-11-5-7-12(15)8-6-11/h2-3,5-9,15H,4,10H2. The zero-order valence-electron chi connectivity index (χ0n) is 9.13. The van der Waals surface area contributed by atoms with E-state index in [0.717, 1.165) is 5.56 Å². The van der Waals surface area contributed by atoms with Crippen LogP contribution in [0.25, 0.3) is 6.08 Å². The summed E-state index contributed by atoms with van der Waals surface area (Å²) < 4.78 is 4.53. The molecule has 0 bridgehead atoms. The first-order valence-corrected chi connectivity index (χ1v) is 5.01. The van der Waals surface area contributed by atoms with Crippen molar-refractivity contribution in [3.05, 3.63) is 41.6 Å². The van der Waals surface area contributed by atoms with Gasteiger partial charge in [0.2, 0.25) is 0 Å². The molecule has 0 atom stereocenters. The van der Waals surface area contributed by atoms with Gasteiger partial charge < -0.3 is 9.84 Å². The fourth-order valence-electron chi connectivity index (χ4n) is 1.05. The van der Waals surface area contributed by atoms with Gasteiger partial charge in [0.15, 0.2) is 6.29 Å². The number of aldehydes is 1. The predicted octanol–water partition coefficient (Wildman–Crippen LogP) is 1.69. The van der Waals surface area contributed by atoms with Crippen LogP contribution in [0.3, 0.4) is 0 Å². The van der Waals surface area contributed by atoms with Crippen molar-refractivity contribution in [2.75, 3.05) is 6.61 Å². The Morgan fingerprint density at radius 2 is 2.06 bits per heavy atom. The quantitative estimate of drug-likeness (QED) is 0.476. The zero-order chi connectivity index (χ0) is 12.5. The Morgan fingerprint density at radius 1 is 1.35 bits per heavy atom. The van der Waals surface area contributed by atoms with Crippen molar-refractivity contribution in [2.45, 2.75) is 6.42 Å². The fraction of sp³-hybridized carbons (Fsp3) is 0.154. The molecule has 0 spiro atoms. The van der Waals surface area contributed by atoms with E-state index in [2.05, 4.69) is 10.5 Å². The third-order valence-corrected chi connectivity index (χ3v) is 1.84. The van der Waals surface area contributed by atoms with E-state index in [4.69, 9.17) is 5.11 Å². The van der Waals surface area contributed by atoms with Crippen LogP contribution in [0, 0.1) is 0 Å². The molecule has 0 heterocycles. The topological polar surface area (TPSA) is 63.6 Å². The Labute approximate surface area is 98.8 Å². The summed E-state index contributed by atoms with van der Waals surface area (Å²) in [6.07, 6.45) is 3.78. The molecule has 0 aromatic heterocycles. The van der Waals surface area contributed by atoms with Crippen LogP contribution in [0.5, 0.6) is 5.75 Å². The molecule has 4 nitrogen and oxygen atoms in total. The highest BCUT2D eigenvalue weighted by Gasteiger charge is 1.96. The highest BCUT2D eigenvalue weighted by Crippen LogP contribution is 2.10. The Hall–Kier alpha value is -2.32. The third-order valence-electron chi connectivity index (χ3n) is 1.84. The summed E-state index contributed by atoms with van der Waals surface area (Å²) in [5.74, 6) is -0.271. The van der Waals surface area contributed by atoms with Gasteiger partial charge in [-0.25, -0.2) is 0 Å². The largest absolute Gasteiger partial charge is 0.508 e. The molecule has 0 saturated carbocycles. The maximum absolute atomic E-state index is 11.0. The van der Waals surface area contributed by atoms with Gasteiger partial charge in [-0.1, -0.05) is 12.1 Å².